The molecule has 2 rings (SSSR count). The van der Waals surface area contributed by atoms with Crippen LogP contribution in [0.25, 0.3) is 0 Å². The second-order valence-corrected chi connectivity index (χ2v) is 3.96. The molecule has 0 N–H and O–H groups in total. The van der Waals surface area contributed by atoms with Crippen molar-refractivity contribution in [2.45, 2.75) is 0 Å². The van der Waals surface area contributed by atoms with Crippen LogP contribution < -0.4 is 4.90 Å². The first-order valence-electron chi connectivity index (χ1n) is 5.12. The highest BCUT2D eigenvalue weighted by atomic mass is 35.5. The number of Topliss-reactive ketones (excluding diaryl/α,β-unsaturated/α-hetero) is 1. The second kappa shape index (κ2) is 4.86. The van der Waals surface area contributed by atoms with Crippen LogP contribution in [0, 0.1) is 11.6 Å². The number of hydrogen-bond donors (Lipinski definition) is 0. The van der Waals surface area contributed by atoms with E-state index in [1.165, 1.54) is 6.08 Å². The van der Waals surface area contributed by atoms with Crippen molar-refractivity contribution in [3.8, 4) is 0 Å². The van der Waals surface area contributed by atoms with Gasteiger partial charge in [0.05, 0.1) is 11.3 Å². The summed E-state index contributed by atoms with van der Waals surface area (Å²) in [5, 5.41) is 0. The van der Waals surface area contributed by atoms with Gasteiger partial charge in [-0.25, -0.2) is 8.78 Å². The number of rotatable bonds is 3. The Kier molecular flexibility index (Phi) is 3.43. The Morgan fingerprint density at radius 2 is 1.94 bits per heavy atom. The fraction of sp³-hybridized carbons (Fsp3) is 0.167. The molecular formula is C12H8ClF2NO2. The van der Waals surface area contributed by atoms with Crippen molar-refractivity contribution >= 4 is 29.0 Å². The molecule has 0 saturated carbocycles. The summed E-state index contributed by atoms with van der Waals surface area (Å²) >= 11 is 5.42. The smallest absolute Gasteiger partial charge is 0.298 e. The number of carbonyl (C=O) groups excluding carboxylic acids is 2. The van der Waals surface area contributed by atoms with Crippen LogP contribution in [0.4, 0.5) is 14.5 Å². The highest BCUT2D eigenvalue weighted by Crippen LogP contribution is 2.32. The molecule has 0 fully saturated rings. The number of amides is 1. The molecule has 3 nitrogen and oxygen atoms in total. The third-order valence-corrected chi connectivity index (χ3v) is 2.70. The minimum atomic E-state index is -0.927. The van der Waals surface area contributed by atoms with Gasteiger partial charge in [0.2, 0.25) is 0 Å². The zero-order valence-electron chi connectivity index (χ0n) is 9.12. The molecule has 0 aromatic heterocycles. The molecule has 1 aliphatic heterocycles. The lowest BCUT2D eigenvalue weighted by Crippen LogP contribution is -2.30. The largest absolute Gasteiger partial charge is 0.299 e. The van der Waals surface area contributed by atoms with Crippen LogP contribution in [0.15, 0.2) is 24.3 Å². The van der Waals surface area contributed by atoms with Crippen LogP contribution in [0.2, 0.25) is 0 Å². The Bertz CT molecular complexity index is 557. The molecule has 1 aliphatic rings. The Balaban J connectivity index is 2.45. The minimum absolute atomic E-state index is 0.0207. The predicted octanol–water partition coefficient (Wildman–Crippen LogP) is 2.29. The minimum Gasteiger partial charge on any atom is -0.298 e. The molecular weight excluding hydrogens is 264 g/mol. The fourth-order valence-corrected chi connectivity index (χ4v) is 1.90. The van der Waals surface area contributed by atoms with E-state index in [9.17, 15) is 18.4 Å². The first kappa shape index (κ1) is 12.7. The summed E-state index contributed by atoms with van der Waals surface area (Å²) in [6, 6.07) is 1.51. The van der Waals surface area contributed by atoms with E-state index in [4.69, 9.17) is 11.6 Å². The Labute approximate surface area is 107 Å². The third kappa shape index (κ3) is 2.01. The van der Waals surface area contributed by atoms with Gasteiger partial charge in [0.1, 0.15) is 5.82 Å². The lowest BCUT2D eigenvalue weighted by Gasteiger charge is -2.14. The molecule has 0 unspecified atom stereocenters. The van der Waals surface area contributed by atoms with Crippen molar-refractivity contribution in [3.05, 3.63) is 41.5 Å². The standard InChI is InChI=1S/C12H8ClF2NO2/c13-3-1-2-4-16-10-8(11(17)12(16)18)5-7(14)6-9(10)15/h1-2,5-6H,3-4H2. The summed E-state index contributed by atoms with van der Waals surface area (Å²) in [6.07, 6.45) is 3.11. The van der Waals surface area contributed by atoms with E-state index < -0.39 is 23.3 Å². The Morgan fingerprint density at radius 1 is 1.22 bits per heavy atom. The van der Waals surface area contributed by atoms with E-state index in [2.05, 4.69) is 0 Å². The number of hydrogen-bond acceptors (Lipinski definition) is 2. The van der Waals surface area contributed by atoms with Crippen LogP contribution >= 0.6 is 11.6 Å². The summed E-state index contributed by atoms with van der Waals surface area (Å²) in [5.74, 6) is -3.33. The van der Waals surface area contributed by atoms with Gasteiger partial charge < -0.3 is 0 Å². The van der Waals surface area contributed by atoms with E-state index in [1.54, 1.807) is 6.08 Å². The Hall–Kier alpha value is -1.75. The summed E-state index contributed by atoms with van der Waals surface area (Å²) in [4.78, 5) is 24.2. The molecule has 0 spiro atoms. The first-order valence-corrected chi connectivity index (χ1v) is 5.66. The number of carbonyl (C=O) groups is 2. The molecule has 0 saturated heterocycles. The molecule has 1 aromatic rings. The maximum Gasteiger partial charge on any atom is 0.299 e. The number of halogens is 3. The first-order chi connectivity index (χ1) is 8.56. The highest BCUT2D eigenvalue weighted by molar-refractivity contribution is 6.52. The maximum atomic E-state index is 13.6. The predicted molar refractivity (Wildman–Crippen MR) is 62.9 cm³/mol. The number of anilines is 1. The Morgan fingerprint density at radius 3 is 2.61 bits per heavy atom. The van der Waals surface area contributed by atoms with Crippen molar-refractivity contribution in [1.82, 2.24) is 0 Å². The molecule has 0 bridgehead atoms. The van der Waals surface area contributed by atoms with Crippen molar-refractivity contribution in [1.29, 1.82) is 0 Å². The zero-order valence-corrected chi connectivity index (χ0v) is 9.88. The van der Waals surface area contributed by atoms with Gasteiger partial charge in [-0.1, -0.05) is 12.2 Å². The van der Waals surface area contributed by atoms with Crippen molar-refractivity contribution < 1.29 is 18.4 Å². The molecule has 0 radical (unpaired) electrons. The summed E-state index contributed by atoms with van der Waals surface area (Å²) in [6.45, 7) is 0.0207. The number of allylic oxidation sites excluding steroid dienone is 1. The van der Waals surface area contributed by atoms with Crippen LogP contribution in [0.1, 0.15) is 10.4 Å². The summed E-state index contributed by atoms with van der Waals surface area (Å²) in [7, 11) is 0. The SMILES string of the molecule is O=C1C(=O)N(CC=CCCl)c2c(F)cc(F)cc21. The molecule has 6 heteroatoms. The number of fused-ring (bicyclic) bond motifs is 1. The van der Waals surface area contributed by atoms with Crippen LogP contribution in [0.5, 0.6) is 0 Å². The molecule has 1 heterocycles. The van der Waals surface area contributed by atoms with Gasteiger partial charge in [-0.15, -0.1) is 11.6 Å². The van der Waals surface area contributed by atoms with Gasteiger partial charge in [0.15, 0.2) is 5.82 Å². The van der Waals surface area contributed by atoms with Gasteiger partial charge >= 0.3 is 0 Å². The van der Waals surface area contributed by atoms with Crippen LogP contribution in [-0.2, 0) is 4.79 Å². The van der Waals surface area contributed by atoms with E-state index in [1.807, 2.05) is 0 Å². The second-order valence-electron chi connectivity index (χ2n) is 3.65. The normalized spacial score (nSPS) is 14.7. The lowest BCUT2D eigenvalue weighted by atomic mass is 10.1. The summed E-state index contributed by atoms with van der Waals surface area (Å²) in [5.41, 5.74) is -0.414. The maximum absolute atomic E-state index is 13.6. The topological polar surface area (TPSA) is 37.4 Å². The van der Waals surface area contributed by atoms with Gasteiger partial charge in [0, 0.05) is 18.5 Å². The monoisotopic (exact) mass is 271 g/mol. The van der Waals surface area contributed by atoms with Crippen molar-refractivity contribution in [2.75, 3.05) is 17.3 Å². The molecule has 0 aliphatic carbocycles. The zero-order chi connectivity index (χ0) is 13.3. The quantitative estimate of drug-likeness (QED) is 0.480. The number of ketones is 1. The van der Waals surface area contributed by atoms with Crippen molar-refractivity contribution in [3.63, 3.8) is 0 Å². The average molecular weight is 272 g/mol. The van der Waals surface area contributed by atoms with Crippen molar-refractivity contribution in [2.24, 2.45) is 0 Å². The molecule has 94 valence electrons. The van der Waals surface area contributed by atoms with Gasteiger partial charge in [-0.3, -0.25) is 14.5 Å². The molecule has 18 heavy (non-hydrogen) atoms. The highest BCUT2D eigenvalue weighted by Gasteiger charge is 2.38. The van der Waals surface area contributed by atoms with Gasteiger partial charge in [-0.2, -0.15) is 0 Å². The van der Waals surface area contributed by atoms with E-state index >= 15 is 0 Å². The van der Waals surface area contributed by atoms with Gasteiger partial charge in [0.25, 0.3) is 11.7 Å². The number of alkyl halides is 1. The van der Waals surface area contributed by atoms with E-state index in [0.717, 1.165) is 11.0 Å². The lowest BCUT2D eigenvalue weighted by molar-refractivity contribution is -0.114. The average Bonchev–Trinajstić information content (AvgIpc) is 2.55. The molecule has 1 aromatic carbocycles. The van der Waals surface area contributed by atoms with Gasteiger partial charge in [-0.05, 0) is 6.07 Å². The fourth-order valence-electron chi connectivity index (χ4n) is 1.77. The van der Waals surface area contributed by atoms with E-state index in [-0.39, 0.29) is 23.7 Å². The third-order valence-electron chi connectivity index (χ3n) is 2.53. The van der Waals surface area contributed by atoms with Crippen LogP contribution in [-0.4, -0.2) is 24.1 Å². The molecule has 1 amide bonds. The number of benzene rings is 1. The van der Waals surface area contributed by atoms with Crippen LogP contribution in [0.3, 0.4) is 0 Å². The number of nitrogens with zero attached hydrogens (tertiary/aromatic N) is 1. The summed E-state index contributed by atoms with van der Waals surface area (Å²) < 4.78 is 26.6. The molecule has 0 atom stereocenters. The van der Waals surface area contributed by atoms with E-state index in [0.29, 0.717) is 6.07 Å².